The van der Waals surface area contributed by atoms with Crippen LogP contribution in [0.4, 0.5) is 0 Å². The van der Waals surface area contributed by atoms with Gasteiger partial charge in [0, 0.05) is 9.99 Å². The molecular weight excluding hydrogens is 423 g/mol. The van der Waals surface area contributed by atoms with E-state index in [1.807, 2.05) is 0 Å². The summed E-state index contributed by atoms with van der Waals surface area (Å²) in [5.74, 6) is 0.183. The maximum atomic E-state index is 10.4. The Labute approximate surface area is 167 Å². The van der Waals surface area contributed by atoms with Crippen molar-refractivity contribution >= 4 is 28.6 Å². The maximum Gasteiger partial charge on any atom is 0.303 e. The lowest BCUT2D eigenvalue weighted by atomic mass is 9.95. The number of hydrogen-bond donors (Lipinski definition) is 1. The highest BCUT2D eigenvalue weighted by molar-refractivity contribution is 14.1. The first-order valence-electron chi connectivity index (χ1n) is 10.0. The van der Waals surface area contributed by atoms with Gasteiger partial charge < -0.3 is 5.11 Å². The zero-order valence-electron chi connectivity index (χ0n) is 15.8. The molecule has 25 heavy (non-hydrogen) atoms. The molecule has 0 aliphatic carbocycles. The molecule has 0 amide bonds. The zero-order chi connectivity index (χ0) is 18.3. The summed E-state index contributed by atoms with van der Waals surface area (Å²) in [7, 11) is 0. The van der Waals surface area contributed by atoms with Crippen molar-refractivity contribution in [1.82, 2.24) is 0 Å². The number of carboxylic acids is 1. The van der Waals surface area contributed by atoms with Crippen molar-refractivity contribution in [2.75, 3.05) is 0 Å². The summed E-state index contributed by atoms with van der Waals surface area (Å²) in [4.78, 5) is 10.4. The first kappa shape index (κ1) is 22.5. The van der Waals surface area contributed by atoms with E-state index < -0.39 is 5.97 Å². The third-order valence-corrected chi connectivity index (χ3v) is 5.63. The minimum Gasteiger partial charge on any atom is -0.481 e. The van der Waals surface area contributed by atoms with Gasteiger partial charge in [0.15, 0.2) is 0 Å². The summed E-state index contributed by atoms with van der Waals surface area (Å²) in [5.41, 5.74) is 1.47. The predicted molar refractivity (Wildman–Crippen MR) is 115 cm³/mol. The van der Waals surface area contributed by atoms with Crippen molar-refractivity contribution in [2.45, 2.75) is 90.4 Å². The van der Waals surface area contributed by atoms with E-state index in [4.69, 9.17) is 5.11 Å². The van der Waals surface area contributed by atoms with Gasteiger partial charge in [-0.05, 0) is 65.5 Å². The molecule has 2 nitrogen and oxygen atoms in total. The smallest absolute Gasteiger partial charge is 0.303 e. The van der Waals surface area contributed by atoms with Crippen LogP contribution < -0.4 is 0 Å². The Hall–Kier alpha value is -0.580. The summed E-state index contributed by atoms with van der Waals surface area (Å²) in [6.45, 7) is 2.38. The molecule has 0 bridgehead atoms. The van der Waals surface area contributed by atoms with Crippen molar-refractivity contribution in [2.24, 2.45) is 5.92 Å². The van der Waals surface area contributed by atoms with Crippen molar-refractivity contribution in [3.05, 3.63) is 33.4 Å². The number of hydrogen-bond acceptors (Lipinski definition) is 1. The molecule has 0 radical (unpaired) electrons. The van der Waals surface area contributed by atoms with Gasteiger partial charge in [-0.25, -0.2) is 0 Å². The highest BCUT2D eigenvalue weighted by Gasteiger charge is 2.03. The van der Waals surface area contributed by atoms with Crippen molar-refractivity contribution in [1.29, 1.82) is 0 Å². The van der Waals surface area contributed by atoms with Crippen molar-refractivity contribution in [3.8, 4) is 0 Å². The number of halogens is 1. The molecule has 1 atom stereocenters. The summed E-state index contributed by atoms with van der Waals surface area (Å²) in [6, 6.07) is 8.91. The van der Waals surface area contributed by atoms with E-state index in [1.54, 1.807) is 0 Å². The van der Waals surface area contributed by atoms with Crippen LogP contribution in [0.15, 0.2) is 24.3 Å². The molecule has 142 valence electrons. The molecule has 0 heterocycles. The molecule has 0 aliphatic heterocycles. The highest BCUT2D eigenvalue weighted by Crippen LogP contribution is 2.18. The largest absolute Gasteiger partial charge is 0.481 e. The second-order valence-electron chi connectivity index (χ2n) is 7.38. The van der Waals surface area contributed by atoms with Gasteiger partial charge in [0.25, 0.3) is 0 Å². The van der Waals surface area contributed by atoms with Crippen LogP contribution in [-0.4, -0.2) is 11.1 Å². The predicted octanol–water partition coefficient (Wildman–Crippen LogP) is 7.24. The quantitative estimate of drug-likeness (QED) is 0.222. The fourth-order valence-corrected chi connectivity index (χ4v) is 3.63. The van der Waals surface area contributed by atoms with Crippen molar-refractivity contribution in [3.63, 3.8) is 0 Å². The Morgan fingerprint density at radius 3 is 2.00 bits per heavy atom. The number of carboxylic acid groups (broad SMARTS) is 1. The van der Waals surface area contributed by atoms with Crippen LogP contribution in [0.2, 0.25) is 0 Å². The average Bonchev–Trinajstić information content (AvgIpc) is 2.58. The second kappa shape index (κ2) is 14.6. The lowest BCUT2D eigenvalue weighted by molar-refractivity contribution is -0.137. The third kappa shape index (κ3) is 13.3. The van der Waals surface area contributed by atoms with E-state index in [1.165, 1.54) is 73.3 Å². The van der Waals surface area contributed by atoms with Crippen LogP contribution in [0.1, 0.15) is 89.5 Å². The molecule has 0 saturated heterocycles. The fourth-order valence-electron chi connectivity index (χ4n) is 3.27. The van der Waals surface area contributed by atoms with Crippen molar-refractivity contribution < 1.29 is 9.90 Å². The molecule has 1 aromatic rings. The van der Waals surface area contributed by atoms with E-state index >= 15 is 0 Å². The Bertz CT molecular complexity index is 456. The number of unbranched alkanes of at least 4 members (excludes halogenated alkanes) is 7. The summed E-state index contributed by atoms with van der Waals surface area (Å²) in [6.07, 6.45) is 15.3. The van der Waals surface area contributed by atoms with Crippen LogP contribution in [0.5, 0.6) is 0 Å². The lowest BCUT2D eigenvalue weighted by Gasteiger charge is -2.11. The number of benzene rings is 1. The Morgan fingerprint density at radius 1 is 0.880 bits per heavy atom. The van der Waals surface area contributed by atoms with Gasteiger partial charge >= 0.3 is 5.97 Å². The van der Waals surface area contributed by atoms with Gasteiger partial charge in [-0.2, -0.15) is 0 Å². The Kier molecular flexibility index (Phi) is 13.1. The van der Waals surface area contributed by atoms with Gasteiger partial charge in [0.1, 0.15) is 0 Å². The van der Waals surface area contributed by atoms with E-state index in [2.05, 4.69) is 53.8 Å². The monoisotopic (exact) mass is 458 g/mol. The van der Waals surface area contributed by atoms with Gasteiger partial charge in [0.2, 0.25) is 0 Å². The topological polar surface area (TPSA) is 37.3 Å². The summed E-state index contributed by atoms with van der Waals surface area (Å²) >= 11 is 2.36. The number of carbonyl (C=O) groups is 1. The molecule has 0 unspecified atom stereocenters. The number of aryl methyl sites for hydroxylation is 1. The van der Waals surface area contributed by atoms with E-state index in [-0.39, 0.29) is 0 Å². The number of rotatable bonds is 15. The zero-order valence-corrected chi connectivity index (χ0v) is 18.0. The van der Waals surface area contributed by atoms with Gasteiger partial charge in [-0.3, -0.25) is 4.79 Å². The molecule has 0 aromatic heterocycles. The van der Waals surface area contributed by atoms with Crippen LogP contribution in [0.25, 0.3) is 0 Å². The molecular formula is C22H35IO2. The van der Waals surface area contributed by atoms with E-state index in [0.29, 0.717) is 6.42 Å². The minimum absolute atomic E-state index is 0.333. The lowest BCUT2D eigenvalue weighted by Crippen LogP contribution is -1.96. The molecule has 1 aromatic carbocycles. The first-order chi connectivity index (χ1) is 12.1. The fraction of sp³-hybridized carbons (Fsp3) is 0.682. The van der Waals surface area contributed by atoms with Crippen LogP contribution in [-0.2, 0) is 11.2 Å². The average molecular weight is 458 g/mol. The molecule has 1 N–H and O–H groups in total. The number of aliphatic carboxylic acids is 1. The first-order valence-corrected chi connectivity index (χ1v) is 11.1. The standard InChI is InChI=1S/C22H35IO2/c1-19(11-7-3-2-4-10-14-22(24)25)12-8-5-6-9-13-20-15-17-21(23)18-16-20/h15-19H,2-14H2,1H3,(H,24,25)/t19-/m1/s1. The summed E-state index contributed by atoms with van der Waals surface area (Å²) in [5, 5.41) is 8.59. The molecule has 3 heteroatoms. The molecule has 0 aliphatic rings. The van der Waals surface area contributed by atoms with E-state index in [0.717, 1.165) is 18.8 Å². The molecule has 0 fully saturated rings. The Morgan fingerprint density at radius 2 is 1.40 bits per heavy atom. The van der Waals surface area contributed by atoms with Crippen LogP contribution in [0.3, 0.4) is 0 Å². The minimum atomic E-state index is -0.660. The van der Waals surface area contributed by atoms with Gasteiger partial charge in [-0.15, -0.1) is 0 Å². The molecule has 0 saturated carbocycles. The van der Waals surface area contributed by atoms with Gasteiger partial charge in [0.05, 0.1) is 0 Å². The van der Waals surface area contributed by atoms with E-state index in [9.17, 15) is 4.79 Å². The molecule has 0 spiro atoms. The van der Waals surface area contributed by atoms with Crippen LogP contribution >= 0.6 is 22.6 Å². The Balaban J connectivity index is 1.87. The molecule has 1 rings (SSSR count). The third-order valence-electron chi connectivity index (χ3n) is 4.91. The highest BCUT2D eigenvalue weighted by atomic mass is 127. The van der Waals surface area contributed by atoms with Crippen LogP contribution in [0, 0.1) is 9.49 Å². The normalized spacial score (nSPS) is 12.2. The SMILES string of the molecule is C[C@H](CCCCCCCC(=O)O)CCCCCCc1ccc(I)cc1. The second-order valence-corrected chi connectivity index (χ2v) is 8.63. The summed E-state index contributed by atoms with van der Waals surface area (Å²) < 4.78 is 1.32. The van der Waals surface area contributed by atoms with Gasteiger partial charge in [-0.1, -0.05) is 76.8 Å². The maximum absolute atomic E-state index is 10.4.